The summed E-state index contributed by atoms with van der Waals surface area (Å²) >= 11 is 0. The van der Waals surface area contributed by atoms with E-state index in [0.29, 0.717) is 0 Å². The maximum absolute atomic E-state index is 7.20. The van der Waals surface area contributed by atoms with Crippen molar-refractivity contribution in [2.24, 2.45) is 5.92 Å². The number of nitrogens with one attached hydrogen (secondary N) is 1. The second kappa shape index (κ2) is 2.46. The van der Waals surface area contributed by atoms with Crippen LogP contribution < -0.4 is 5.84 Å². The van der Waals surface area contributed by atoms with Gasteiger partial charge in [-0.3, -0.25) is 0 Å². The Hall–Kier alpha value is -0.0800. The fourth-order valence-electron chi connectivity index (χ4n) is 1.01. The molecule has 1 aliphatic rings. The molecule has 0 aromatic heterocycles. The summed E-state index contributed by atoms with van der Waals surface area (Å²) in [4.78, 5) is 0. The Kier molecular flexibility index (Phi) is 1.86. The average molecular weight is 113 g/mol. The van der Waals surface area contributed by atoms with Gasteiger partial charge in [-0.2, -0.15) is 5.84 Å². The van der Waals surface area contributed by atoms with Crippen molar-refractivity contribution >= 4 is 0 Å². The van der Waals surface area contributed by atoms with Crippen molar-refractivity contribution in [2.75, 3.05) is 13.1 Å². The van der Waals surface area contributed by atoms with Gasteiger partial charge in [0.05, 0.1) is 0 Å². The molecule has 1 radical (unpaired) electrons. The van der Waals surface area contributed by atoms with Gasteiger partial charge in [0.1, 0.15) is 0 Å². The van der Waals surface area contributed by atoms with Crippen LogP contribution in [0.25, 0.3) is 0 Å². The van der Waals surface area contributed by atoms with Crippen LogP contribution in [0.1, 0.15) is 19.8 Å². The van der Waals surface area contributed by atoms with Crippen molar-refractivity contribution in [2.45, 2.75) is 19.8 Å². The van der Waals surface area contributed by atoms with Gasteiger partial charge in [-0.05, 0) is 18.8 Å². The van der Waals surface area contributed by atoms with Crippen LogP contribution in [0.3, 0.4) is 0 Å². The Balaban J connectivity index is 2.19. The summed E-state index contributed by atoms with van der Waals surface area (Å²) in [6, 6.07) is 0. The monoisotopic (exact) mass is 113 g/mol. The van der Waals surface area contributed by atoms with Gasteiger partial charge in [0.15, 0.2) is 0 Å². The first kappa shape index (κ1) is 6.05. The Labute approximate surface area is 50.6 Å². The lowest BCUT2D eigenvalue weighted by atomic mass is 10.0. The summed E-state index contributed by atoms with van der Waals surface area (Å²) in [6.07, 6.45) is 2.42. The summed E-state index contributed by atoms with van der Waals surface area (Å²) in [6.45, 7) is 4.20. The smallest absolute Gasteiger partial charge is 0.0147 e. The molecule has 0 atom stereocenters. The van der Waals surface area contributed by atoms with Crippen LogP contribution in [0.5, 0.6) is 0 Å². The lowest BCUT2D eigenvalue weighted by Crippen LogP contribution is -2.31. The number of rotatable bonds is 0. The SMILES string of the molecule is CC1CCN([NH])CC1. The molecule has 0 aromatic rings. The first-order valence-electron chi connectivity index (χ1n) is 3.25. The second-order valence-electron chi connectivity index (χ2n) is 2.67. The van der Waals surface area contributed by atoms with E-state index in [9.17, 15) is 0 Å². The van der Waals surface area contributed by atoms with Crippen molar-refractivity contribution in [3.05, 3.63) is 0 Å². The number of hydrogen-bond acceptors (Lipinski definition) is 1. The lowest BCUT2D eigenvalue weighted by molar-refractivity contribution is 0.184. The molecule has 0 bridgehead atoms. The molecule has 2 heteroatoms. The van der Waals surface area contributed by atoms with Crippen LogP contribution >= 0.6 is 0 Å². The molecule has 0 spiro atoms. The van der Waals surface area contributed by atoms with Gasteiger partial charge in [0, 0.05) is 13.1 Å². The quantitative estimate of drug-likeness (QED) is 0.459. The highest BCUT2D eigenvalue weighted by atomic mass is 15.4. The van der Waals surface area contributed by atoms with E-state index in [0.717, 1.165) is 19.0 Å². The Morgan fingerprint density at radius 1 is 1.38 bits per heavy atom. The summed E-state index contributed by atoms with van der Waals surface area (Å²) in [5.41, 5.74) is 0. The van der Waals surface area contributed by atoms with Crippen LogP contribution in [0.2, 0.25) is 0 Å². The summed E-state index contributed by atoms with van der Waals surface area (Å²) < 4.78 is 0. The van der Waals surface area contributed by atoms with Gasteiger partial charge in [-0.1, -0.05) is 6.92 Å². The second-order valence-corrected chi connectivity index (χ2v) is 2.67. The van der Waals surface area contributed by atoms with Crippen LogP contribution in [0.15, 0.2) is 0 Å². The standard InChI is InChI=1S/C6H13N2/c1-6-2-4-8(7)5-3-6/h6-7H,2-5H2,1H3. The highest BCUT2D eigenvalue weighted by molar-refractivity contribution is 4.63. The van der Waals surface area contributed by atoms with Gasteiger partial charge in [0.25, 0.3) is 0 Å². The molecular formula is C6H13N2. The Morgan fingerprint density at radius 3 is 2.25 bits per heavy atom. The number of nitrogens with zero attached hydrogens (tertiary/aromatic N) is 1. The van der Waals surface area contributed by atoms with Crippen molar-refractivity contribution in [1.82, 2.24) is 10.9 Å². The van der Waals surface area contributed by atoms with Gasteiger partial charge in [0.2, 0.25) is 0 Å². The van der Waals surface area contributed by atoms with Gasteiger partial charge >= 0.3 is 0 Å². The average Bonchev–Trinajstić information content (AvgIpc) is 1.77. The number of hydrogen-bond donors (Lipinski definition) is 0. The Bertz CT molecular complexity index is 54.9. The van der Waals surface area contributed by atoms with E-state index in [-0.39, 0.29) is 0 Å². The maximum Gasteiger partial charge on any atom is 0.0147 e. The minimum absolute atomic E-state index is 0.858. The summed E-state index contributed by atoms with van der Waals surface area (Å²) in [5, 5.41) is 1.65. The third kappa shape index (κ3) is 1.46. The number of piperidine rings is 1. The normalized spacial score (nSPS) is 26.2. The van der Waals surface area contributed by atoms with E-state index in [1.807, 2.05) is 0 Å². The van der Waals surface area contributed by atoms with E-state index in [2.05, 4.69) is 6.92 Å². The molecule has 0 unspecified atom stereocenters. The molecular weight excluding hydrogens is 100 g/mol. The topological polar surface area (TPSA) is 27.0 Å². The molecule has 2 nitrogen and oxygen atoms in total. The zero-order valence-corrected chi connectivity index (χ0v) is 5.35. The fourth-order valence-corrected chi connectivity index (χ4v) is 1.01. The fraction of sp³-hybridized carbons (Fsp3) is 1.00. The third-order valence-corrected chi connectivity index (χ3v) is 1.78. The molecule has 1 N–H and O–H groups in total. The van der Waals surface area contributed by atoms with E-state index in [1.54, 1.807) is 5.01 Å². The molecule has 1 rings (SSSR count). The van der Waals surface area contributed by atoms with Crippen LogP contribution in [0, 0.1) is 5.92 Å². The van der Waals surface area contributed by atoms with Crippen molar-refractivity contribution in [1.29, 1.82) is 0 Å². The molecule has 47 valence electrons. The van der Waals surface area contributed by atoms with Crippen molar-refractivity contribution in [3.8, 4) is 0 Å². The molecule has 0 amide bonds. The van der Waals surface area contributed by atoms with Crippen LogP contribution in [-0.2, 0) is 0 Å². The van der Waals surface area contributed by atoms with E-state index in [1.165, 1.54) is 12.8 Å². The highest BCUT2D eigenvalue weighted by Crippen LogP contribution is 2.13. The highest BCUT2D eigenvalue weighted by Gasteiger charge is 2.11. The summed E-state index contributed by atoms with van der Waals surface area (Å²) in [7, 11) is 0. The molecule has 1 saturated heterocycles. The van der Waals surface area contributed by atoms with Crippen molar-refractivity contribution < 1.29 is 0 Å². The predicted molar refractivity (Wildman–Crippen MR) is 33.1 cm³/mol. The minimum Gasteiger partial charge on any atom is -0.230 e. The van der Waals surface area contributed by atoms with Crippen molar-refractivity contribution in [3.63, 3.8) is 0 Å². The minimum atomic E-state index is 0.858. The van der Waals surface area contributed by atoms with Gasteiger partial charge in [-0.15, -0.1) is 0 Å². The van der Waals surface area contributed by atoms with Crippen LogP contribution in [-0.4, -0.2) is 18.1 Å². The molecule has 8 heavy (non-hydrogen) atoms. The molecule has 0 aromatic carbocycles. The molecule has 1 aliphatic heterocycles. The van der Waals surface area contributed by atoms with E-state index < -0.39 is 0 Å². The zero-order chi connectivity index (χ0) is 5.98. The molecule has 1 fully saturated rings. The van der Waals surface area contributed by atoms with E-state index >= 15 is 0 Å². The lowest BCUT2D eigenvalue weighted by Gasteiger charge is -2.24. The van der Waals surface area contributed by atoms with Gasteiger partial charge in [-0.25, -0.2) is 5.01 Å². The molecule has 0 aliphatic carbocycles. The Morgan fingerprint density at radius 2 is 1.88 bits per heavy atom. The largest absolute Gasteiger partial charge is 0.230 e. The predicted octanol–water partition coefficient (Wildman–Crippen LogP) is 0.916. The zero-order valence-electron chi connectivity index (χ0n) is 5.35. The van der Waals surface area contributed by atoms with E-state index in [4.69, 9.17) is 5.84 Å². The maximum atomic E-state index is 7.20. The van der Waals surface area contributed by atoms with Gasteiger partial charge < -0.3 is 0 Å². The molecule has 0 saturated carbocycles. The first-order chi connectivity index (χ1) is 3.79. The third-order valence-electron chi connectivity index (χ3n) is 1.78. The van der Waals surface area contributed by atoms with Crippen LogP contribution in [0.4, 0.5) is 0 Å². The summed E-state index contributed by atoms with van der Waals surface area (Å²) in [5.74, 6) is 8.05. The first-order valence-corrected chi connectivity index (χ1v) is 3.25. The molecule has 1 heterocycles.